The Morgan fingerprint density at radius 2 is 1.65 bits per heavy atom. The molecule has 1 aliphatic carbocycles. The summed E-state index contributed by atoms with van der Waals surface area (Å²) in [5.74, 6) is -0.176. The fourth-order valence-electron chi connectivity index (χ4n) is 4.84. The molecule has 2 aliphatic rings. The molecule has 0 spiro atoms. The third-order valence-electron chi connectivity index (χ3n) is 6.60. The predicted molar refractivity (Wildman–Crippen MR) is 124 cm³/mol. The molecule has 1 aliphatic heterocycles. The van der Waals surface area contributed by atoms with E-state index in [2.05, 4.69) is 4.90 Å². The quantitative estimate of drug-likeness (QED) is 0.502. The van der Waals surface area contributed by atoms with Gasteiger partial charge in [0.15, 0.2) is 0 Å². The van der Waals surface area contributed by atoms with Gasteiger partial charge in [0.25, 0.3) is 0 Å². The number of amides is 1. The van der Waals surface area contributed by atoms with Crippen LogP contribution in [-0.2, 0) is 16.0 Å². The van der Waals surface area contributed by atoms with E-state index in [1.54, 1.807) is 12.1 Å². The van der Waals surface area contributed by atoms with E-state index >= 15 is 0 Å². The molecule has 6 heteroatoms. The van der Waals surface area contributed by atoms with Gasteiger partial charge in [-0.1, -0.05) is 54.6 Å². The lowest BCUT2D eigenvalue weighted by atomic mass is 9.93. The average Bonchev–Trinajstić information content (AvgIpc) is 3.16. The zero-order valence-electron chi connectivity index (χ0n) is 17.7. The first-order valence-electron chi connectivity index (χ1n) is 10.9. The molecule has 2 aromatic carbocycles. The van der Waals surface area contributed by atoms with Gasteiger partial charge in [0, 0.05) is 28.5 Å². The van der Waals surface area contributed by atoms with Gasteiger partial charge in [0.05, 0.1) is 12.7 Å². The van der Waals surface area contributed by atoms with Crippen LogP contribution in [0.1, 0.15) is 54.4 Å². The summed E-state index contributed by atoms with van der Waals surface area (Å²) >= 11 is 13.2. The summed E-state index contributed by atoms with van der Waals surface area (Å²) in [6, 6.07) is 11.3. The Kier molecular flexibility index (Phi) is 6.88. The van der Waals surface area contributed by atoms with Crippen molar-refractivity contribution in [3.8, 4) is 11.1 Å². The monoisotopic (exact) mass is 459 g/mol. The Morgan fingerprint density at radius 3 is 2.26 bits per heavy atom. The normalized spacial score (nSPS) is 19.6. The summed E-state index contributed by atoms with van der Waals surface area (Å²) in [6.07, 6.45) is 7.41. The Balaban J connectivity index is 1.49. The Labute approximate surface area is 193 Å². The fraction of sp³-hybridized carbons (Fsp3) is 0.440. The number of methoxy groups -OCH3 is 1. The second-order valence-corrected chi connectivity index (χ2v) is 9.31. The molecule has 2 fully saturated rings. The van der Waals surface area contributed by atoms with E-state index in [-0.39, 0.29) is 17.8 Å². The number of carbonyl (C=O) groups is 2. The van der Waals surface area contributed by atoms with Crippen LogP contribution in [0.25, 0.3) is 11.1 Å². The number of carbonyl (C=O) groups excluding carboxylic acids is 2. The molecule has 1 atom stereocenters. The van der Waals surface area contributed by atoms with Gasteiger partial charge in [0.2, 0.25) is 5.91 Å². The van der Waals surface area contributed by atoms with Crippen molar-refractivity contribution < 1.29 is 14.3 Å². The first-order valence-corrected chi connectivity index (χ1v) is 11.7. The van der Waals surface area contributed by atoms with E-state index in [1.807, 2.05) is 24.3 Å². The summed E-state index contributed by atoms with van der Waals surface area (Å²) in [7, 11) is 1.36. The third-order valence-corrected chi connectivity index (χ3v) is 7.27. The highest BCUT2D eigenvalue weighted by atomic mass is 35.5. The average molecular weight is 460 g/mol. The van der Waals surface area contributed by atoms with Crippen LogP contribution >= 0.6 is 23.2 Å². The van der Waals surface area contributed by atoms with Crippen LogP contribution in [0.5, 0.6) is 0 Å². The van der Waals surface area contributed by atoms with Gasteiger partial charge in [-0.25, -0.2) is 4.79 Å². The number of rotatable bonds is 5. The number of benzene rings is 2. The maximum atomic E-state index is 13.0. The van der Waals surface area contributed by atoms with Crippen molar-refractivity contribution in [2.24, 2.45) is 5.92 Å². The van der Waals surface area contributed by atoms with Crippen LogP contribution in [0.15, 0.2) is 36.4 Å². The van der Waals surface area contributed by atoms with Crippen LogP contribution in [-0.4, -0.2) is 36.5 Å². The van der Waals surface area contributed by atoms with Gasteiger partial charge in [-0.2, -0.15) is 0 Å². The number of esters is 1. The minimum absolute atomic E-state index is 0.0536. The number of ether oxygens (including phenoxy) is 1. The van der Waals surface area contributed by atoms with E-state index in [0.29, 0.717) is 28.1 Å². The van der Waals surface area contributed by atoms with Gasteiger partial charge in [0.1, 0.15) is 0 Å². The highest BCUT2D eigenvalue weighted by Gasteiger charge is 2.36. The van der Waals surface area contributed by atoms with Crippen molar-refractivity contribution in [3.63, 3.8) is 0 Å². The Morgan fingerprint density at radius 1 is 1.00 bits per heavy atom. The summed E-state index contributed by atoms with van der Waals surface area (Å²) in [6.45, 7) is 0.841. The van der Waals surface area contributed by atoms with Crippen LogP contribution in [0.3, 0.4) is 0 Å². The number of hydrogen-bond acceptors (Lipinski definition) is 3. The molecule has 0 aromatic heterocycles. The Bertz CT molecular complexity index is 944. The number of hydrogen-bond donors (Lipinski definition) is 0. The van der Waals surface area contributed by atoms with Crippen molar-refractivity contribution in [2.45, 2.75) is 51.0 Å². The summed E-state index contributed by atoms with van der Waals surface area (Å²) in [5, 5.41) is 1.15. The molecule has 0 radical (unpaired) electrons. The second-order valence-electron chi connectivity index (χ2n) is 8.50. The highest BCUT2D eigenvalue weighted by Crippen LogP contribution is 2.36. The number of halogens is 2. The Hall–Kier alpha value is -2.04. The van der Waals surface area contributed by atoms with Crippen molar-refractivity contribution in [1.82, 2.24) is 4.90 Å². The number of likely N-dealkylation sites (tertiary alicyclic amines) is 1. The maximum absolute atomic E-state index is 13.0. The highest BCUT2D eigenvalue weighted by molar-refractivity contribution is 6.36. The van der Waals surface area contributed by atoms with Crippen molar-refractivity contribution in [3.05, 3.63) is 57.6 Å². The smallest absolute Gasteiger partial charge is 0.337 e. The lowest BCUT2D eigenvalue weighted by molar-refractivity contribution is -0.133. The molecule has 1 saturated heterocycles. The first kappa shape index (κ1) is 22.2. The maximum Gasteiger partial charge on any atom is 0.337 e. The topological polar surface area (TPSA) is 46.6 Å². The summed E-state index contributed by atoms with van der Waals surface area (Å²) in [4.78, 5) is 26.8. The van der Waals surface area contributed by atoms with E-state index < -0.39 is 0 Å². The van der Waals surface area contributed by atoms with E-state index in [4.69, 9.17) is 27.9 Å². The van der Waals surface area contributed by atoms with E-state index in [0.717, 1.165) is 42.5 Å². The van der Waals surface area contributed by atoms with Crippen LogP contribution < -0.4 is 0 Å². The van der Waals surface area contributed by atoms with Gasteiger partial charge in [-0.05, 0) is 66.6 Å². The molecule has 31 heavy (non-hydrogen) atoms. The first-order chi connectivity index (χ1) is 15.0. The van der Waals surface area contributed by atoms with Crippen molar-refractivity contribution >= 4 is 35.1 Å². The molecular weight excluding hydrogens is 433 g/mol. The lowest BCUT2D eigenvalue weighted by Gasteiger charge is -2.31. The minimum Gasteiger partial charge on any atom is -0.465 e. The van der Waals surface area contributed by atoms with Crippen molar-refractivity contribution in [1.29, 1.82) is 0 Å². The molecule has 1 saturated carbocycles. The molecule has 0 bridgehead atoms. The molecule has 0 N–H and O–H groups in total. The van der Waals surface area contributed by atoms with Gasteiger partial charge >= 0.3 is 5.97 Å². The fourth-order valence-corrected chi connectivity index (χ4v) is 5.48. The molecular formula is C25H27Cl2NO3. The minimum atomic E-state index is -0.374. The lowest BCUT2D eigenvalue weighted by Crippen LogP contribution is -2.39. The summed E-state index contributed by atoms with van der Waals surface area (Å²) < 4.78 is 4.74. The molecule has 1 heterocycles. The van der Waals surface area contributed by atoms with Gasteiger partial charge in [-0.15, -0.1) is 0 Å². The van der Waals surface area contributed by atoms with Crippen LogP contribution in [0.4, 0.5) is 0 Å². The van der Waals surface area contributed by atoms with Crippen LogP contribution in [0, 0.1) is 5.92 Å². The van der Waals surface area contributed by atoms with E-state index in [9.17, 15) is 9.59 Å². The second kappa shape index (κ2) is 9.62. The summed E-state index contributed by atoms with van der Waals surface area (Å²) in [5.41, 5.74) is 3.10. The van der Waals surface area contributed by atoms with Gasteiger partial charge < -0.3 is 9.64 Å². The molecule has 4 nitrogen and oxygen atoms in total. The largest absolute Gasteiger partial charge is 0.465 e. The van der Waals surface area contributed by atoms with E-state index in [1.165, 1.54) is 26.4 Å². The molecule has 1 unspecified atom stereocenters. The number of nitrogens with zero attached hydrogens (tertiary/aromatic N) is 1. The van der Waals surface area contributed by atoms with Crippen molar-refractivity contribution in [2.75, 3.05) is 13.7 Å². The molecule has 4 rings (SSSR count). The SMILES string of the molecule is COC(=O)c1ccc(-c2cc(Cl)c(CC3CCN(C4CCCCC4)C3=O)c(Cl)c2)cc1. The van der Waals surface area contributed by atoms with Gasteiger partial charge in [-0.3, -0.25) is 4.79 Å². The van der Waals surface area contributed by atoms with Crippen LogP contribution in [0.2, 0.25) is 10.0 Å². The zero-order chi connectivity index (χ0) is 22.0. The third kappa shape index (κ3) is 4.75. The molecule has 2 aromatic rings. The standard InChI is InChI=1S/C25H27Cl2NO3/c1-31-25(30)17-9-7-16(8-10-17)19-14-22(26)21(23(27)15-19)13-18-11-12-28(24(18)29)20-5-3-2-4-6-20/h7-10,14-15,18,20H,2-6,11-13H2,1H3. The molecule has 1 amide bonds. The predicted octanol–water partition coefficient (Wildman–Crippen LogP) is 6.17. The zero-order valence-corrected chi connectivity index (χ0v) is 19.2. The molecule has 164 valence electrons.